The summed E-state index contributed by atoms with van der Waals surface area (Å²) in [5.41, 5.74) is 2.08. The van der Waals surface area contributed by atoms with Crippen LogP contribution in [0, 0.1) is 0 Å². The molecule has 2 aromatic carbocycles. The van der Waals surface area contributed by atoms with Gasteiger partial charge >= 0.3 is 0 Å². The molecular formula is C14H13ClO. The number of benzene rings is 2. The Morgan fingerprint density at radius 2 is 1.75 bits per heavy atom. The van der Waals surface area contributed by atoms with Crippen molar-refractivity contribution in [3.63, 3.8) is 0 Å². The van der Waals surface area contributed by atoms with Gasteiger partial charge in [-0.3, -0.25) is 0 Å². The van der Waals surface area contributed by atoms with Crippen LogP contribution in [-0.4, -0.2) is 5.11 Å². The minimum atomic E-state index is 0.165. The van der Waals surface area contributed by atoms with Crippen LogP contribution in [0.3, 0.4) is 0 Å². The summed E-state index contributed by atoms with van der Waals surface area (Å²) in [6.07, 6.45) is 0. The van der Waals surface area contributed by atoms with E-state index in [0.29, 0.717) is 5.02 Å². The zero-order valence-electron chi connectivity index (χ0n) is 9.02. The van der Waals surface area contributed by atoms with Crippen LogP contribution in [0.15, 0.2) is 48.5 Å². The summed E-state index contributed by atoms with van der Waals surface area (Å²) >= 11 is 5.81. The number of halogens is 1. The molecule has 0 fully saturated rings. The number of phenols is 1. The van der Waals surface area contributed by atoms with Crippen LogP contribution in [0.2, 0.25) is 5.02 Å². The molecule has 2 heteroatoms. The lowest BCUT2D eigenvalue weighted by Gasteiger charge is -2.14. The fourth-order valence-electron chi connectivity index (χ4n) is 1.80. The molecule has 0 spiro atoms. The molecule has 0 radical (unpaired) electrons. The maximum Gasteiger partial charge on any atom is 0.120 e. The fourth-order valence-corrected chi connectivity index (χ4v) is 1.97. The molecule has 1 atom stereocenters. The van der Waals surface area contributed by atoms with Gasteiger partial charge in [-0.2, -0.15) is 0 Å². The first-order valence-corrected chi connectivity index (χ1v) is 5.59. The Labute approximate surface area is 100 Å². The Bertz CT molecular complexity index is 479. The van der Waals surface area contributed by atoms with Crippen molar-refractivity contribution in [3.8, 4) is 5.75 Å². The predicted molar refractivity (Wildman–Crippen MR) is 67.1 cm³/mol. The molecule has 0 aliphatic rings. The molecule has 1 N–H and O–H groups in total. The van der Waals surface area contributed by atoms with Gasteiger partial charge in [-0.1, -0.05) is 54.9 Å². The molecule has 0 amide bonds. The highest BCUT2D eigenvalue weighted by molar-refractivity contribution is 6.30. The first-order valence-electron chi connectivity index (χ1n) is 5.22. The third kappa shape index (κ3) is 2.20. The predicted octanol–water partition coefficient (Wildman–Crippen LogP) is 4.20. The first-order chi connectivity index (χ1) is 7.68. The lowest BCUT2D eigenvalue weighted by atomic mass is 9.92. The van der Waals surface area contributed by atoms with E-state index in [1.54, 1.807) is 12.1 Å². The average molecular weight is 233 g/mol. The topological polar surface area (TPSA) is 20.2 Å². The summed E-state index contributed by atoms with van der Waals surface area (Å²) < 4.78 is 0. The van der Waals surface area contributed by atoms with Crippen molar-refractivity contribution in [2.24, 2.45) is 0 Å². The number of rotatable bonds is 2. The van der Waals surface area contributed by atoms with Crippen LogP contribution >= 0.6 is 11.6 Å². The van der Waals surface area contributed by atoms with E-state index in [1.807, 2.05) is 24.3 Å². The lowest BCUT2D eigenvalue weighted by molar-refractivity contribution is 0.466. The molecule has 0 bridgehead atoms. The third-order valence-electron chi connectivity index (χ3n) is 2.76. The molecular weight excluding hydrogens is 220 g/mol. The minimum Gasteiger partial charge on any atom is -0.508 e. The van der Waals surface area contributed by atoms with E-state index in [-0.39, 0.29) is 11.7 Å². The zero-order chi connectivity index (χ0) is 11.5. The van der Waals surface area contributed by atoms with Crippen molar-refractivity contribution >= 4 is 11.6 Å². The van der Waals surface area contributed by atoms with E-state index in [1.165, 1.54) is 5.56 Å². The van der Waals surface area contributed by atoms with Crippen LogP contribution in [0.4, 0.5) is 0 Å². The Morgan fingerprint density at radius 3 is 2.38 bits per heavy atom. The summed E-state index contributed by atoms with van der Waals surface area (Å²) in [7, 11) is 0. The second-order valence-electron chi connectivity index (χ2n) is 3.84. The van der Waals surface area contributed by atoms with Gasteiger partial charge in [-0.05, 0) is 17.7 Å². The van der Waals surface area contributed by atoms with Gasteiger partial charge in [-0.15, -0.1) is 0 Å². The molecule has 1 unspecified atom stereocenters. The maximum absolute atomic E-state index is 9.84. The number of phenolic OH excluding ortho intramolecular Hbond substituents is 1. The fraction of sp³-hybridized carbons (Fsp3) is 0.143. The van der Waals surface area contributed by atoms with Crippen molar-refractivity contribution in [1.29, 1.82) is 0 Å². The molecule has 2 rings (SSSR count). The third-order valence-corrected chi connectivity index (χ3v) is 2.99. The molecule has 0 aromatic heterocycles. The second-order valence-corrected chi connectivity index (χ2v) is 4.27. The highest BCUT2D eigenvalue weighted by Gasteiger charge is 2.12. The largest absolute Gasteiger partial charge is 0.508 e. The van der Waals surface area contributed by atoms with Crippen LogP contribution in [-0.2, 0) is 0 Å². The number of hydrogen-bond donors (Lipinski definition) is 1. The molecule has 0 aliphatic heterocycles. The van der Waals surface area contributed by atoms with Crippen molar-refractivity contribution in [1.82, 2.24) is 0 Å². The zero-order valence-corrected chi connectivity index (χ0v) is 9.78. The monoisotopic (exact) mass is 232 g/mol. The van der Waals surface area contributed by atoms with Crippen LogP contribution in [0.25, 0.3) is 0 Å². The summed E-state index contributed by atoms with van der Waals surface area (Å²) in [5, 5.41) is 10.4. The summed E-state index contributed by atoms with van der Waals surface area (Å²) in [6.45, 7) is 2.07. The van der Waals surface area contributed by atoms with E-state index in [0.717, 1.165) is 5.56 Å². The van der Waals surface area contributed by atoms with E-state index in [4.69, 9.17) is 11.6 Å². The Morgan fingerprint density at radius 1 is 1.06 bits per heavy atom. The van der Waals surface area contributed by atoms with E-state index >= 15 is 0 Å². The quantitative estimate of drug-likeness (QED) is 0.823. The summed E-state index contributed by atoms with van der Waals surface area (Å²) in [6, 6.07) is 15.3. The SMILES string of the molecule is CC(c1ccccc1)c1ccc(Cl)cc1O. The lowest BCUT2D eigenvalue weighted by Crippen LogP contribution is -1.95. The Hall–Kier alpha value is -1.47. The van der Waals surface area contributed by atoms with Crippen LogP contribution in [0.5, 0.6) is 5.75 Å². The van der Waals surface area contributed by atoms with Crippen LogP contribution < -0.4 is 0 Å². The van der Waals surface area contributed by atoms with Gasteiger partial charge in [-0.25, -0.2) is 0 Å². The number of aromatic hydroxyl groups is 1. The first kappa shape index (κ1) is 11.0. The van der Waals surface area contributed by atoms with Gasteiger partial charge in [0, 0.05) is 16.5 Å². The molecule has 1 nitrogen and oxygen atoms in total. The van der Waals surface area contributed by atoms with Gasteiger partial charge < -0.3 is 5.11 Å². The Kier molecular flexibility index (Phi) is 3.16. The minimum absolute atomic E-state index is 0.165. The Balaban J connectivity index is 2.38. The molecule has 2 aromatic rings. The maximum atomic E-state index is 9.84. The molecule has 0 aliphatic carbocycles. The van der Waals surface area contributed by atoms with E-state index in [9.17, 15) is 5.11 Å². The average Bonchev–Trinajstić information content (AvgIpc) is 2.29. The molecule has 16 heavy (non-hydrogen) atoms. The van der Waals surface area contributed by atoms with Crippen molar-refractivity contribution in [2.45, 2.75) is 12.8 Å². The molecule has 0 saturated heterocycles. The van der Waals surface area contributed by atoms with Crippen molar-refractivity contribution < 1.29 is 5.11 Å². The van der Waals surface area contributed by atoms with E-state index in [2.05, 4.69) is 19.1 Å². The van der Waals surface area contributed by atoms with Gasteiger partial charge in [0.25, 0.3) is 0 Å². The smallest absolute Gasteiger partial charge is 0.120 e. The van der Waals surface area contributed by atoms with Gasteiger partial charge in [0.1, 0.15) is 5.75 Å². The second kappa shape index (κ2) is 4.58. The van der Waals surface area contributed by atoms with E-state index < -0.39 is 0 Å². The standard InChI is InChI=1S/C14H13ClO/c1-10(11-5-3-2-4-6-11)13-8-7-12(15)9-14(13)16/h2-10,16H,1H3. The molecule has 0 saturated carbocycles. The van der Waals surface area contributed by atoms with Gasteiger partial charge in [0.2, 0.25) is 0 Å². The highest BCUT2D eigenvalue weighted by Crippen LogP contribution is 2.32. The molecule has 0 heterocycles. The van der Waals surface area contributed by atoms with Gasteiger partial charge in [0.05, 0.1) is 0 Å². The summed E-state index contributed by atoms with van der Waals surface area (Å²) in [5.74, 6) is 0.419. The van der Waals surface area contributed by atoms with Crippen molar-refractivity contribution in [3.05, 3.63) is 64.7 Å². The van der Waals surface area contributed by atoms with Gasteiger partial charge in [0.15, 0.2) is 0 Å². The summed E-state index contributed by atoms with van der Waals surface area (Å²) in [4.78, 5) is 0. The number of hydrogen-bond acceptors (Lipinski definition) is 1. The highest BCUT2D eigenvalue weighted by atomic mass is 35.5. The van der Waals surface area contributed by atoms with Crippen molar-refractivity contribution in [2.75, 3.05) is 0 Å². The normalized spacial score (nSPS) is 12.4. The van der Waals surface area contributed by atoms with Crippen LogP contribution in [0.1, 0.15) is 24.0 Å². The molecule has 82 valence electrons.